The fraction of sp³-hybridized carbons (Fsp3) is 0.235. The third kappa shape index (κ3) is 3.60. The normalized spacial score (nSPS) is 11.9. The number of aromatic nitrogens is 6. The maximum atomic E-state index is 14.4. The maximum Gasteiger partial charge on any atom is 0.471 e. The van der Waals surface area contributed by atoms with E-state index in [9.17, 15) is 17.6 Å². The van der Waals surface area contributed by atoms with Crippen molar-refractivity contribution in [3.8, 4) is 17.3 Å². The van der Waals surface area contributed by atoms with Gasteiger partial charge in [-0.15, -0.1) is 0 Å². The van der Waals surface area contributed by atoms with Crippen molar-refractivity contribution in [2.75, 3.05) is 0 Å². The molecule has 0 fully saturated rings. The van der Waals surface area contributed by atoms with E-state index in [1.54, 1.807) is 24.9 Å². The third-order valence-electron chi connectivity index (χ3n) is 3.99. The number of fused-ring (bicyclic) bond motifs is 1. The van der Waals surface area contributed by atoms with E-state index in [4.69, 9.17) is 4.74 Å². The van der Waals surface area contributed by atoms with Gasteiger partial charge in [0.2, 0.25) is 11.7 Å². The van der Waals surface area contributed by atoms with Gasteiger partial charge < -0.3 is 9.26 Å². The first-order valence-electron chi connectivity index (χ1n) is 8.21. The fourth-order valence-corrected chi connectivity index (χ4v) is 2.64. The van der Waals surface area contributed by atoms with Crippen LogP contribution in [-0.2, 0) is 19.8 Å². The topological polar surface area (TPSA) is 91.8 Å². The zero-order valence-corrected chi connectivity index (χ0v) is 15.0. The first-order chi connectivity index (χ1) is 13.7. The Hall–Kier alpha value is -3.57. The molecule has 1 aromatic carbocycles. The second-order valence-corrected chi connectivity index (χ2v) is 6.11. The monoisotopic (exact) mass is 408 g/mol. The quantitative estimate of drug-likeness (QED) is 0.478. The minimum atomic E-state index is -4.80. The van der Waals surface area contributed by atoms with Crippen LogP contribution in [0.5, 0.6) is 5.88 Å². The third-order valence-corrected chi connectivity index (χ3v) is 3.99. The van der Waals surface area contributed by atoms with E-state index >= 15 is 0 Å². The van der Waals surface area contributed by atoms with Gasteiger partial charge in [-0.2, -0.15) is 28.2 Å². The molecule has 0 aliphatic rings. The zero-order valence-electron chi connectivity index (χ0n) is 15.0. The van der Waals surface area contributed by atoms with Gasteiger partial charge in [-0.25, -0.2) is 9.37 Å². The molecule has 0 amide bonds. The molecule has 150 valence electrons. The highest BCUT2D eigenvalue weighted by molar-refractivity contribution is 5.79. The summed E-state index contributed by atoms with van der Waals surface area (Å²) in [5.74, 6) is -2.08. The lowest BCUT2D eigenvalue weighted by atomic mass is 10.1. The summed E-state index contributed by atoms with van der Waals surface area (Å²) in [5, 5.41) is 7.88. The number of aryl methyl sites for hydroxylation is 2. The average Bonchev–Trinajstić information content (AvgIpc) is 3.27. The fourth-order valence-electron chi connectivity index (χ4n) is 2.64. The van der Waals surface area contributed by atoms with Crippen LogP contribution in [0.3, 0.4) is 0 Å². The number of ether oxygens (including phenoxy) is 1. The molecule has 12 heteroatoms. The molecule has 29 heavy (non-hydrogen) atoms. The van der Waals surface area contributed by atoms with Crippen LogP contribution in [0.2, 0.25) is 0 Å². The molecule has 4 rings (SSSR count). The lowest BCUT2D eigenvalue weighted by molar-refractivity contribution is -0.159. The van der Waals surface area contributed by atoms with Crippen molar-refractivity contribution < 1.29 is 26.8 Å². The summed E-state index contributed by atoms with van der Waals surface area (Å²) >= 11 is 0. The Morgan fingerprint density at radius 2 is 1.97 bits per heavy atom. The van der Waals surface area contributed by atoms with E-state index in [0.29, 0.717) is 22.4 Å². The van der Waals surface area contributed by atoms with Crippen molar-refractivity contribution in [2.24, 2.45) is 7.05 Å². The van der Waals surface area contributed by atoms with Crippen LogP contribution in [0.4, 0.5) is 17.6 Å². The van der Waals surface area contributed by atoms with Crippen molar-refractivity contribution in [2.45, 2.75) is 19.7 Å². The first kappa shape index (κ1) is 18.8. The number of halogens is 4. The Morgan fingerprint density at radius 3 is 2.66 bits per heavy atom. The van der Waals surface area contributed by atoms with Gasteiger partial charge in [0.1, 0.15) is 23.6 Å². The minimum absolute atomic E-state index is 0.0301. The van der Waals surface area contributed by atoms with Gasteiger partial charge in [0.05, 0.1) is 11.8 Å². The van der Waals surface area contributed by atoms with Crippen LogP contribution in [0.15, 0.2) is 28.9 Å². The number of alkyl halides is 3. The van der Waals surface area contributed by atoms with Gasteiger partial charge in [0.25, 0.3) is 0 Å². The summed E-state index contributed by atoms with van der Waals surface area (Å²) in [6.07, 6.45) is -3.24. The highest BCUT2D eigenvalue weighted by Crippen LogP contribution is 2.30. The van der Waals surface area contributed by atoms with Gasteiger partial charge in [0, 0.05) is 7.05 Å². The smallest absolute Gasteiger partial charge is 0.471 e. The molecule has 4 aromatic rings. The summed E-state index contributed by atoms with van der Waals surface area (Å²) in [5.41, 5.74) is 0.797. The average molecular weight is 408 g/mol. The predicted molar refractivity (Wildman–Crippen MR) is 90.1 cm³/mol. The molecule has 3 aromatic heterocycles. The molecule has 0 radical (unpaired) electrons. The summed E-state index contributed by atoms with van der Waals surface area (Å²) in [7, 11) is 1.73. The summed E-state index contributed by atoms with van der Waals surface area (Å²) < 4.78 is 63.5. The van der Waals surface area contributed by atoms with Gasteiger partial charge in [0.15, 0.2) is 5.65 Å². The number of hydrogen-bond acceptors (Lipinski definition) is 7. The lowest BCUT2D eigenvalue weighted by Gasteiger charge is -2.08. The Balaban J connectivity index is 1.56. The Bertz CT molecular complexity index is 1200. The molecule has 0 unspecified atom stereocenters. The number of hydrogen-bond donors (Lipinski definition) is 0. The van der Waals surface area contributed by atoms with Crippen molar-refractivity contribution in [3.05, 3.63) is 47.5 Å². The molecule has 0 N–H and O–H groups in total. The van der Waals surface area contributed by atoms with Crippen LogP contribution in [-0.4, -0.2) is 29.9 Å². The van der Waals surface area contributed by atoms with E-state index in [2.05, 4.69) is 29.7 Å². The van der Waals surface area contributed by atoms with Gasteiger partial charge >= 0.3 is 12.1 Å². The molecule has 0 atom stereocenters. The van der Waals surface area contributed by atoms with E-state index < -0.39 is 23.7 Å². The van der Waals surface area contributed by atoms with Gasteiger partial charge in [-0.1, -0.05) is 11.2 Å². The predicted octanol–water partition coefficient (Wildman–Crippen LogP) is 3.46. The molecule has 8 nitrogen and oxygen atoms in total. The van der Waals surface area contributed by atoms with Crippen LogP contribution < -0.4 is 4.74 Å². The summed E-state index contributed by atoms with van der Waals surface area (Å²) in [6, 6.07) is 3.86. The second kappa shape index (κ2) is 6.79. The highest BCUT2D eigenvalue weighted by Gasteiger charge is 2.38. The standard InChI is InChI=1S/C17H12F4N6O2/c1-8-23-14-11(6-22-27(14)2)15(24-8)28-7-9-3-4-10(12(18)5-9)13-25-16(29-26-13)17(19,20)21/h3-6H,7H2,1-2H3. The Morgan fingerprint density at radius 1 is 1.17 bits per heavy atom. The van der Waals surface area contributed by atoms with E-state index in [-0.39, 0.29) is 18.1 Å². The molecular weight excluding hydrogens is 396 g/mol. The first-order valence-corrected chi connectivity index (χ1v) is 8.21. The van der Waals surface area contributed by atoms with Crippen LogP contribution >= 0.6 is 0 Å². The van der Waals surface area contributed by atoms with Crippen molar-refractivity contribution >= 4 is 11.0 Å². The van der Waals surface area contributed by atoms with Gasteiger partial charge in [-0.05, 0) is 24.6 Å². The van der Waals surface area contributed by atoms with E-state index in [1.807, 2.05) is 0 Å². The van der Waals surface area contributed by atoms with E-state index in [1.165, 1.54) is 12.1 Å². The maximum absolute atomic E-state index is 14.4. The Labute approximate surface area is 160 Å². The van der Waals surface area contributed by atoms with Crippen molar-refractivity contribution in [1.29, 1.82) is 0 Å². The lowest BCUT2D eigenvalue weighted by Crippen LogP contribution is -2.05. The molecule has 0 saturated carbocycles. The Kier molecular flexibility index (Phi) is 4.40. The molecular formula is C17H12F4N6O2. The molecule has 0 aliphatic carbocycles. The largest absolute Gasteiger partial charge is 0.472 e. The van der Waals surface area contributed by atoms with E-state index in [0.717, 1.165) is 6.07 Å². The summed E-state index contributed by atoms with van der Waals surface area (Å²) in [4.78, 5) is 11.7. The molecule has 0 aliphatic heterocycles. The number of nitrogens with zero attached hydrogens (tertiary/aromatic N) is 6. The van der Waals surface area contributed by atoms with Crippen molar-refractivity contribution in [3.63, 3.8) is 0 Å². The van der Waals surface area contributed by atoms with Crippen molar-refractivity contribution in [1.82, 2.24) is 29.9 Å². The number of benzene rings is 1. The summed E-state index contributed by atoms with van der Waals surface area (Å²) in [6.45, 7) is 1.67. The van der Waals surface area contributed by atoms with Crippen LogP contribution in [0.25, 0.3) is 22.4 Å². The van der Waals surface area contributed by atoms with Gasteiger partial charge in [-0.3, -0.25) is 4.68 Å². The molecule has 0 saturated heterocycles. The highest BCUT2D eigenvalue weighted by atomic mass is 19.4. The minimum Gasteiger partial charge on any atom is -0.472 e. The molecule has 3 heterocycles. The molecule has 0 bridgehead atoms. The van der Waals surface area contributed by atoms with Crippen LogP contribution in [0.1, 0.15) is 17.3 Å². The molecule has 0 spiro atoms. The zero-order chi connectivity index (χ0) is 20.8. The second-order valence-electron chi connectivity index (χ2n) is 6.11. The van der Waals surface area contributed by atoms with Crippen LogP contribution in [0, 0.1) is 12.7 Å². The SMILES string of the molecule is Cc1nc(OCc2ccc(-c3noc(C(F)(F)F)n3)c(F)c2)c2cnn(C)c2n1. The number of rotatable bonds is 4.